The number of esters is 2. The maximum atomic E-state index is 12.6. The van der Waals surface area contributed by atoms with Crippen LogP contribution in [0, 0.1) is 0 Å². The lowest BCUT2D eigenvalue weighted by molar-refractivity contribution is -0.139. The Kier molecular flexibility index (Phi) is 4.45. The summed E-state index contributed by atoms with van der Waals surface area (Å²) in [6, 6.07) is 13.8. The van der Waals surface area contributed by atoms with Gasteiger partial charge in [-0.05, 0) is 48.6 Å². The van der Waals surface area contributed by atoms with Gasteiger partial charge >= 0.3 is 11.9 Å². The summed E-state index contributed by atoms with van der Waals surface area (Å²) in [4.78, 5) is 26.6. The van der Waals surface area contributed by atoms with E-state index in [2.05, 4.69) is 4.40 Å². The molecule has 3 heterocycles. The summed E-state index contributed by atoms with van der Waals surface area (Å²) in [6.45, 7) is 0. The lowest BCUT2D eigenvalue weighted by Gasteiger charge is -2.24. The predicted octanol–water partition coefficient (Wildman–Crippen LogP) is 3.58. The van der Waals surface area contributed by atoms with Crippen molar-refractivity contribution >= 4 is 34.0 Å². The number of pyridine rings is 1. The number of aromatic nitrogens is 1. The Bertz CT molecular complexity index is 1180. The first-order chi connectivity index (χ1) is 13.7. The third kappa shape index (κ3) is 2.75. The Labute approximate surface area is 161 Å². The van der Waals surface area contributed by atoms with Gasteiger partial charge in [-0.1, -0.05) is 12.1 Å². The number of benzene rings is 1. The quantitative estimate of drug-likeness (QED) is 0.656. The average Bonchev–Trinajstić information content (AvgIpc) is 3.11. The zero-order valence-electron chi connectivity index (χ0n) is 15.5. The van der Waals surface area contributed by atoms with Crippen molar-refractivity contribution < 1.29 is 19.1 Å². The Morgan fingerprint density at radius 1 is 0.893 bits per heavy atom. The molecule has 0 bridgehead atoms. The zero-order valence-corrected chi connectivity index (χ0v) is 15.5. The van der Waals surface area contributed by atoms with Gasteiger partial charge in [0.2, 0.25) is 0 Å². The molecule has 3 aromatic rings. The molecule has 0 N–H and O–H groups in total. The highest BCUT2D eigenvalue weighted by Gasteiger charge is 2.28. The number of nitrogens with zero attached hydrogens (tertiary/aromatic N) is 2. The molecule has 1 aliphatic heterocycles. The van der Waals surface area contributed by atoms with Crippen LogP contribution >= 0.6 is 0 Å². The minimum Gasteiger partial charge on any atom is -0.465 e. The molecule has 0 saturated carbocycles. The molecule has 6 heteroatoms. The second kappa shape index (κ2) is 7.08. The molecule has 6 nitrogen and oxygen atoms in total. The van der Waals surface area contributed by atoms with Crippen LogP contribution in [0.5, 0.6) is 0 Å². The Hall–Kier alpha value is -3.80. The van der Waals surface area contributed by atoms with Crippen molar-refractivity contribution in [2.75, 3.05) is 19.1 Å². The average molecular weight is 374 g/mol. The van der Waals surface area contributed by atoms with Crippen LogP contribution in [-0.4, -0.2) is 30.6 Å². The number of methoxy groups -OCH3 is 2. The van der Waals surface area contributed by atoms with Gasteiger partial charge in [0.05, 0.1) is 31.0 Å². The van der Waals surface area contributed by atoms with E-state index in [0.29, 0.717) is 0 Å². The molecule has 2 aromatic heterocycles. The van der Waals surface area contributed by atoms with Crippen LogP contribution in [0.25, 0.3) is 16.4 Å². The maximum Gasteiger partial charge on any atom is 0.355 e. The Morgan fingerprint density at radius 2 is 1.71 bits per heavy atom. The molecular weight excluding hydrogens is 356 g/mol. The Balaban J connectivity index is 2.00. The zero-order chi connectivity index (χ0) is 19.7. The fourth-order valence-corrected chi connectivity index (χ4v) is 3.40. The van der Waals surface area contributed by atoms with E-state index >= 15 is 0 Å². The number of carbonyl (C=O) groups excluding carboxylic acids is 2. The van der Waals surface area contributed by atoms with Gasteiger partial charge in [0.15, 0.2) is 0 Å². The second-order valence-electron chi connectivity index (χ2n) is 6.16. The lowest BCUT2D eigenvalue weighted by atomic mass is 10.1. The summed E-state index contributed by atoms with van der Waals surface area (Å²) in [5.41, 5.74) is 3.01. The summed E-state index contributed by atoms with van der Waals surface area (Å²) >= 11 is 0. The molecule has 0 aliphatic carbocycles. The number of ether oxygens (including phenoxy) is 2. The van der Waals surface area contributed by atoms with E-state index in [4.69, 9.17) is 9.47 Å². The fourth-order valence-electron chi connectivity index (χ4n) is 3.40. The molecule has 0 radical (unpaired) electrons. The highest BCUT2D eigenvalue weighted by Crippen LogP contribution is 2.33. The third-order valence-electron chi connectivity index (χ3n) is 4.67. The van der Waals surface area contributed by atoms with E-state index < -0.39 is 11.9 Å². The number of carbonyl (C=O) groups is 2. The second-order valence-corrected chi connectivity index (χ2v) is 6.16. The fraction of sp³-hybridized carbons (Fsp3) is 0.0909. The molecule has 0 saturated heterocycles. The molecule has 140 valence electrons. The minimum absolute atomic E-state index is 0.0967. The maximum absolute atomic E-state index is 12.6. The van der Waals surface area contributed by atoms with E-state index in [-0.39, 0.29) is 11.3 Å². The number of hydrogen-bond acceptors (Lipinski definition) is 5. The van der Waals surface area contributed by atoms with Gasteiger partial charge in [0.1, 0.15) is 5.70 Å². The molecular formula is C22H18N2O4. The molecule has 0 fully saturated rings. The van der Waals surface area contributed by atoms with Crippen molar-refractivity contribution in [1.82, 2.24) is 4.40 Å². The van der Waals surface area contributed by atoms with Crippen LogP contribution in [0.4, 0.5) is 5.69 Å². The Morgan fingerprint density at radius 3 is 2.50 bits per heavy atom. The van der Waals surface area contributed by atoms with Crippen LogP contribution in [-0.2, 0) is 19.1 Å². The van der Waals surface area contributed by atoms with E-state index in [1.54, 1.807) is 29.3 Å². The first-order valence-electron chi connectivity index (χ1n) is 8.69. The highest BCUT2D eigenvalue weighted by molar-refractivity contribution is 6.07. The van der Waals surface area contributed by atoms with Crippen molar-refractivity contribution in [3.05, 3.63) is 84.4 Å². The van der Waals surface area contributed by atoms with E-state index in [9.17, 15) is 9.59 Å². The number of rotatable bonds is 3. The van der Waals surface area contributed by atoms with Crippen LogP contribution in [0.3, 0.4) is 0 Å². The molecule has 1 aromatic carbocycles. The van der Waals surface area contributed by atoms with Gasteiger partial charge in [0.25, 0.3) is 0 Å². The van der Waals surface area contributed by atoms with Gasteiger partial charge < -0.3 is 18.8 Å². The summed E-state index contributed by atoms with van der Waals surface area (Å²) in [5, 5.41) is 0.920. The van der Waals surface area contributed by atoms with Crippen LogP contribution in [0.1, 0.15) is 0 Å². The van der Waals surface area contributed by atoms with Crippen LogP contribution in [0.15, 0.2) is 84.4 Å². The largest absolute Gasteiger partial charge is 0.465 e. The summed E-state index contributed by atoms with van der Waals surface area (Å²) in [7, 11) is 2.56. The summed E-state index contributed by atoms with van der Waals surface area (Å²) < 4.78 is 11.9. The smallest absolute Gasteiger partial charge is 0.355 e. The molecule has 28 heavy (non-hydrogen) atoms. The third-order valence-corrected chi connectivity index (χ3v) is 4.67. The molecule has 0 atom stereocenters. The van der Waals surface area contributed by atoms with Gasteiger partial charge in [-0.2, -0.15) is 0 Å². The van der Waals surface area contributed by atoms with Gasteiger partial charge in [-0.15, -0.1) is 0 Å². The van der Waals surface area contributed by atoms with Crippen molar-refractivity contribution in [2.24, 2.45) is 0 Å². The monoisotopic (exact) mass is 374 g/mol. The normalized spacial score (nSPS) is 13.9. The molecule has 1 aliphatic rings. The number of hydrogen-bond donors (Lipinski definition) is 0. The summed E-state index contributed by atoms with van der Waals surface area (Å²) in [6.07, 6.45) is 8.70. The van der Waals surface area contributed by atoms with Crippen molar-refractivity contribution in [1.29, 1.82) is 0 Å². The molecule has 0 spiro atoms. The van der Waals surface area contributed by atoms with Gasteiger partial charge in [-0.25, -0.2) is 9.59 Å². The van der Waals surface area contributed by atoms with E-state index in [1.807, 2.05) is 48.7 Å². The minimum atomic E-state index is -0.629. The lowest BCUT2D eigenvalue weighted by Crippen LogP contribution is -2.27. The first kappa shape index (κ1) is 17.6. The van der Waals surface area contributed by atoms with Crippen LogP contribution in [0.2, 0.25) is 0 Å². The first-order valence-corrected chi connectivity index (χ1v) is 8.69. The number of fused-ring (bicyclic) bond motifs is 3. The van der Waals surface area contributed by atoms with E-state index in [1.165, 1.54) is 14.2 Å². The number of allylic oxidation sites excluding steroid dienone is 2. The highest BCUT2D eigenvalue weighted by atomic mass is 16.5. The van der Waals surface area contributed by atoms with E-state index in [0.717, 1.165) is 22.1 Å². The molecule has 0 amide bonds. The van der Waals surface area contributed by atoms with Gasteiger partial charge in [0, 0.05) is 23.3 Å². The topological polar surface area (TPSA) is 60.3 Å². The van der Waals surface area contributed by atoms with Crippen molar-refractivity contribution in [3.63, 3.8) is 0 Å². The number of anilines is 1. The van der Waals surface area contributed by atoms with Crippen molar-refractivity contribution in [3.8, 4) is 0 Å². The van der Waals surface area contributed by atoms with Gasteiger partial charge in [-0.3, -0.25) is 0 Å². The van der Waals surface area contributed by atoms with Crippen molar-refractivity contribution in [2.45, 2.75) is 0 Å². The van der Waals surface area contributed by atoms with Crippen LogP contribution < -0.4 is 4.90 Å². The molecule has 0 unspecified atom stereocenters. The molecule has 4 rings (SSSR count). The predicted molar refractivity (Wildman–Crippen MR) is 107 cm³/mol. The standard InChI is InChI=1S/C22H18N2O4/c1-27-21(25)17-8-3-4-13-24(20(17)22(26)28-2)19-10-5-9-18-16(19)12-11-15-7-6-14-23(15)18/h3-14H,1-2H3. The SMILES string of the molecule is COC(=O)C1=C(C(=O)OC)N(c2cccc3c2ccc2cccn23)C=CC=C1. The summed E-state index contributed by atoms with van der Waals surface area (Å²) in [5.74, 6) is -1.24.